The van der Waals surface area contributed by atoms with Gasteiger partial charge in [-0.1, -0.05) is 0 Å². The van der Waals surface area contributed by atoms with Crippen LogP contribution in [-0.2, 0) is 16.6 Å². The van der Waals surface area contributed by atoms with Gasteiger partial charge in [-0.2, -0.15) is 0 Å². The molecule has 0 radical (unpaired) electrons. The molecule has 1 aromatic heterocycles. The van der Waals surface area contributed by atoms with Gasteiger partial charge in [-0.25, -0.2) is 4.68 Å². The van der Waals surface area contributed by atoms with Crippen LogP contribution in [0.5, 0.6) is 0 Å². The van der Waals surface area contributed by atoms with Crippen LogP contribution in [-0.4, -0.2) is 32.8 Å². The molecule has 1 unspecified atom stereocenters. The van der Waals surface area contributed by atoms with Crippen molar-refractivity contribution < 1.29 is 9.53 Å². The molecule has 0 bridgehead atoms. The summed E-state index contributed by atoms with van der Waals surface area (Å²) in [4.78, 5) is 11.3. The Hall–Kier alpha value is -1.46. The maximum Gasteiger partial charge on any atom is 0.316 e. The van der Waals surface area contributed by atoms with Crippen LogP contribution in [0, 0.1) is 0 Å². The third kappa shape index (κ3) is 2.01. The number of rotatable bonds is 3. The van der Waals surface area contributed by atoms with Crippen LogP contribution in [0.3, 0.4) is 0 Å². The van der Waals surface area contributed by atoms with Gasteiger partial charge in [-0.15, -0.1) is 5.10 Å². The van der Waals surface area contributed by atoms with Crippen molar-refractivity contribution in [2.45, 2.75) is 19.8 Å². The number of hydrogen-bond donors (Lipinski definition) is 0. The van der Waals surface area contributed by atoms with Gasteiger partial charge in [0.25, 0.3) is 0 Å². The van der Waals surface area contributed by atoms with E-state index in [1.54, 1.807) is 20.9 Å². The molecule has 0 saturated heterocycles. The zero-order valence-electron chi connectivity index (χ0n) is 7.89. The van der Waals surface area contributed by atoms with Gasteiger partial charge < -0.3 is 4.74 Å². The maximum absolute atomic E-state index is 11.3. The fourth-order valence-electron chi connectivity index (χ4n) is 0.976. The number of ether oxygens (including phenoxy) is 1. The van der Waals surface area contributed by atoms with E-state index < -0.39 is 5.92 Å². The van der Waals surface area contributed by atoms with Gasteiger partial charge >= 0.3 is 5.97 Å². The molecule has 72 valence electrons. The number of nitrogens with zero attached hydrogens (tertiary/aromatic N) is 4. The van der Waals surface area contributed by atoms with Crippen LogP contribution in [0.2, 0.25) is 0 Å². The van der Waals surface area contributed by atoms with Crippen LogP contribution in [0.4, 0.5) is 0 Å². The number of hydrogen-bond acceptors (Lipinski definition) is 5. The van der Waals surface area contributed by atoms with E-state index in [4.69, 9.17) is 4.74 Å². The minimum absolute atomic E-state index is 0.305. The lowest BCUT2D eigenvalue weighted by molar-refractivity contribution is -0.144. The van der Waals surface area contributed by atoms with Gasteiger partial charge in [-0.3, -0.25) is 4.79 Å². The second kappa shape index (κ2) is 3.97. The third-order valence-electron chi connectivity index (χ3n) is 1.68. The highest BCUT2D eigenvalue weighted by molar-refractivity contribution is 5.76. The number of esters is 1. The lowest BCUT2D eigenvalue weighted by Crippen LogP contribution is -2.16. The standard InChI is InChI=1S/C7H12N4O2/c1-4-13-7(12)5(2)6-8-9-10-11(6)3/h5H,4H2,1-3H3. The molecular weight excluding hydrogens is 172 g/mol. The molecular formula is C7H12N4O2. The summed E-state index contributed by atoms with van der Waals surface area (Å²) in [6.45, 7) is 3.84. The van der Waals surface area contributed by atoms with Crippen molar-refractivity contribution in [3.63, 3.8) is 0 Å². The van der Waals surface area contributed by atoms with Crippen molar-refractivity contribution in [1.82, 2.24) is 20.2 Å². The molecule has 0 fully saturated rings. The van der Waals surface area contributed by atoms with E-state index in [0.717, 1.165) is 0 Å². The number of aromatic nitrogens is 4. The SMILES string of the molecule is CCOC(=O)C(C)c1nnnn1C. The molecule has 0 spiro atoms. The maximum atomic E-state index is 11.3. The predicted octanol–water partition coefficient (Wildman–Crippen LogP) is -0.123. The Labute approximate surface area is 75.9 Å². The lowest BCUT2D eigenvalue weighted by atomic mass is 10.2. The Bertz CT molecular complexity index is 296. The first-order valence-corrected chi connectivity index (χ1v) is 4.05. The fraction of sp³-hybridized carbons (Fsp3) is 0.714. The van der Waals surface area contributed by atoms with Crippen molar-refractivity contribution in [1.29, 1.82) is 0 Å². The normalized spacial score (nSPS) is 12.5. The summed E-state index contributed by atoms with van der Waals surface area (Å²) in [5.74, 6) is -0.209. The van der Waals surface area contributed by atoms with Crippen molar-refractivity contribution in [2.75, 3.05) is 6.61 Å². The quantitative estimate of drug-likeness (QED) is 0.612. The van der Waals surface area contributed by atoms with Crippen molar-refractivity contribution in [3.05, 3.63) is 5.82 Å². The van der Waals surface area contributed by atoms with Gasteiger partial charge in [0.15, 0.2) is 5.82 Å². The minimum atomic E-state index is -0.417. The molecule has 13 heavy (non-hydrogen) atoms. The van der Waals surface area contributed by atoms with Crippen molar-refractivity contribution in [3.8, 4) is 0 Å². The van der Waals surface area contributed by atoms with E-state index in [9.17, 15) is 4.79 Å². The highest BCUT2D eigenvalue weighted by Crippen LogP contribution is 2.11. The van der Waals surface area contributed by atoms with Crippen LogP contribution < -0.4 is 0 Å². The molecule has 0 aliphatic rings. The van der Waals surface area contributed by atoms with Gasteiger partial charge in [0, 0.05) is 7.05 Å². The van der Waals surface area contributed by atoms with Crippen molar-refractivity contribution in [2.24, 2.45) is 7.05 Å². The molecule has 1 heterocycles. The van der Waals surface area contributed by atoms with E-state index >= 15 is 0 Å². The van der Waals surface area contributed by atoms with E-state index in [1.807, 2.05) is 0 Å². The second-order valence-electron chi connectivity index (χ2n) is 2.63. The summed E-state index contributed by atoms with van der Waals surface area (Å²) in [6.07, 6.45) is 0. The first kappa shape index (κ1) is 9.63. The molecule has 1 atom stereocenters. The highest BCUT2D eigenvalue weighted by Gasteiger charge is 2.21. The lowest BCUT2D eigenvalue weighted by Gasteiger charge is -2.07. The van der Waals surface area contributed by atoms with Gasteiger partial charge in [0.2, 0.25) is 0 Å². The second-order valence-corrected chi connectivity index (χ2v) is 2.63. The zero-order valence-corrected chi connectivity index (χ0v) is 7.89. The first-order chi connectivity index (χ1) is 6.16. The summed E-state index contributed by atoms with van der Waals surface area (Å²) < 4.78 is 6.29. The smallest absolute Gasteiger partial charge is 0.316 e. The predicted molar refractivity (Wildman–Crippen MR) is 43.8 cm³/mol. The van der Waals surface area contributed by atoms with E-state index in [0.29, 0.717) is 12.4 Å². The van der Waals surface area contributed by atoms with Gasteiger partial charge in [-0.05, 0) is 24.3 Å². The summed E-state index contributed by atoms with van der Waals surface area (Å²) in [6, 6.07) is 0. The van der Waals surface area contributed by atoms with Crippen LogP contribution in [0.1, 0.15) is 25.6 Å². The van der Waals surface area contributed by atoms with E-state index in [-0.39, 0.29) is 5.97 Å². The van der Waals surface area contributed by atoms with E-state index in [1.165, 1.54) is 4.68 Å². The first-order valence-electron chi connectivity index (χ1n) is 4.05. The number of tetrazole rings is 1. The average molecular weight is 184 g/mol. The largest absolute Gasteiger partial charge is 0.465 e. The Balaban J connectivity index is 2.73. The summed E-state index contributed by atoms with van der Waals surface area (Å²) >= 11 is 0. The molecule has 6 nitrogen and oxygen atoms in total. The van der Waals surface area contributed by atoms with Crippen LogP contribution in [0.25, 0.3) is 0 Å². The highest BCUT2D eigenvalue weighted by atomic mass is 16.5. The summed E-state index contributed by atoms with van der Waals surface area (Å²) in [5, 5.41) is 10.8. The van der Waals surface area contributed by atoms with Gasteiger partial charge in [0.05, 0.1) is 6.61 Å². The molecule has 0 amide bonds. The van der Waals surface area contributed by atoms with Gasteiger partial charge in [0.1, 0.15) is 5.92 Å². The fourth-order valence-corrected chi connectivity index (χ4v) is 0.976. The Morgan fingerprint density at radius 3 is 2.85 bits per heavy atom. The molecule has 0 aliphatic heterocycles. The topological polar surface area (TPSA) is 69.9 Å². The zero-order chi connectivity index (χ0) is 9.84. The Morgan fingerprint density at radius 2 is 2.38 bits per heavy atom. The number of carbonyl (C=O) groups is 1. The summed E-state index contributed by atoms with van der Waals surface area (Å²) in [5.41, 5.74) is 0. The van der Waals surface area contributed by atoms with Crippen molar-refractivity contribution >= 4 is 5.97 Å². The minimum Gasteiger partial charge on any atom is -0.465 e. The molecule has 0 saturated carbocycles. The molecule has 0 aromatic carbocycles. The monoisotopic (exact) mass is 184 g/mol. The number of aryl methyl sites for hydroxylation is 1. The van der Waals surface area contributed by atoms with Crippen LogP contribution >= 0.6 is 0 Å². The molecule has 1 rings (SSSR count). The molecule has 0 aliphatic carbocycles. The molecule has 6 heteroatoms. The number of carbonyl (C=O) groups excluding carboxylic acids is 1. The average Bonchev–Trinajstić information content (AvgIpc) is 2.50. The molecule has 1 aromatic rings. The Kier molecular flexibility index (Phi) is 2.94. The molecule has 0 N–H and O–H groups in total. The van der Waals surface area contributed by atoms with Crippen LogP contribution in [0.15, 0.2) is 0 Å². The van der Waals surface area contributed by atoms with E-state index in [2.05, 4.69) is 15.5 Å². The Morgan fingerprint density at radius 1 is 1.69 bits per heavy atom. The summed E-state index contributed by atoms with van der Waals surface area (Å²) in [7, 11) is 1.69. The third-order valence-corrected chi connectivity index (χ3v) is 1.68.